The first-order valence-electron chi connectivity index (χ1n) is 6.51. The molecule has 114 valence electrons. The van der Waals surface area contributed by atoms with Crippen molar-refractivity contribution in [1.82, 2.24) is 15.3 Å². The number of anilines is 1. The molecule has 1 saturated heterocycles. The molecule has 0 saturated carbocycles. The van der Waals surface area contributed by atoms with Crippen LogP contribution in [-0.2, 0) is 0 Å². The van der Waals surface area contributed by atoms with Crippen LogP contribution in [0, 0.1) is 10.1 Å². The number of carbonyl (C=O) groups excluding carboxylic acids is 1. The Bertz CT molecular complexity index is 542. The molecule has 9 nitrogen and oxygen atoms in total. The van der Waals surface area contributed by atoms with Crippen LogP contribution in [0.25, 0.3) is 0 Å². The summed E-state index contributed by atoms with van der Waals surface area (Å²) < 4.78 is 0. The molecule has 1 fully saturated rings. The van der Waals surface area contributed by atoms with Gasteiger partial charge in [-0.05, 0) is 19.2 Å². The van der Waals surface area contributed by atoms with Gasteiger partial charge in [-0.3, -0.25) is 26.2 Å². The molecule has 0 spiro atoms. The number of carbonyl (C=O) groups is 1. The molecule has 1 aliphatic heterocycles. The van der Waals surface area contributed by atoms with Crippen molar-refractivity contribution < 1.29 is 9.72 Å². The van der Waals surface area contributed by atoms with Crippen LogP contribution in [-0.4, -0.2) is 54.0 Å². The van der Waals surface area contributed by atoms with E-state index in [4.69, 9.17) is 5.84 Å². The summed E-state index contributed by atoms with van der Waals surface area (Å²) in [4.78, 5) is 24.9. The monoisotopic (exact) mass is 294 g/mol. The molecule has 1 aromatic rings. The number of hydrogen-bond acceptors (Lipinski definition) is 7. The van der Waals surface area contributed by atoms with Crippen molar-refractivity contribution in [3.63, 3.8) is 0 Å². The number of nitro groups is 1. The molecule has 1 aromatic carbocycles. The molecule has 1 amide bonds. The summed E-state index contributed by atoms with van der Waals surface area (Å²) >= 11 is 0. The van der Waals surface area contributed by atoms with Crippen molar-refractivity contribution in [2.75, 3.05) is 38.7 Å². The van der Waals surface area contributed by atoms with Crippen molar-refractivity contribution in [2.45, 2.75) is 0 Å². The van der Waals surface area contributed by atoms with Crippen LogP contribution in [0.15, 0.2) is 18.2 Å². The predicted octanol–water partition coefficient (Wildman–Crippen LogP) is -0.227. The maximum Gasteiger partial charge on any atom is 0.306 e. The standard InChI is InChI=1S/C12H18N6O3/c1-16-5-7-17(8-6-16)15-12(19)9-3-2-4-10(14-13)11(9)18(20)21/h2-4,14H,5-8,13H2,1H3,(H,15,19). The Morgan fingerprint density at radius 3 is 2.57 bits per heavy atom. The van der Waals surface area contributed by atoms with Gasteiger partial charge in [-0.25, -0.2) is 5.01 Å². The lowest BCUT2D eigenvalue weighted by Gasteiger charge is -2.32. The van der Waals surface area contributed by atoms with E-state index in [1.54, 1.807) is 11.1 Å². The van der Waals surface area contributed by atoms with Crippen LogP contribution < -0.4 is 16.7 Å². The second-order valence-corrected chi connectivity index (χ2v) is 4.83. The van der Waals surface area contributed by atoms with Crippen LogP contribution in [0.4, 0.5) is 11.4 Å². The molecule has 21 heavy (non-hydrogen) atoms. The third-order valence-electron chi connectivity index (χ3n) is 3.38. The maximum atomic E-state index is 12.2. The Balaban J connectivity index is 2.17. The predicted molar refractivity (Wildman–Crippen MR) is 77.4 cm³/mol. The smallest absolute Gasteiger partial charge is 0.306 e. The molecule has 0 bridgehead atoms. The summed E-state index contributed by atoms with van der Waals surface area (Å²) in [5.41, 5.74) is 4.69. The summed E-state index contributed by atoms with van der Waals surface area (Å²) in [6.07, 6.45) is 0. The molecule has 2 rings (SSSR count). The minimum Gasteiger partial charge on any atom is -0.318 e. The number of nitrogens with two attached hydrogens (primary N) is 1. The highest BCUT2D eigenvalue weighted by Gasteiger charge is 2.26. The van der Waals surface area contributed by atoms with Gasteiger partial charge in [0.1, 0.15) is 11.3 Å². The van der Waals surface area contributed by atoms with Crippen molar-refractivity contribution in [3.05, 3.63) is 33.9 Å². The van der Waals surface area contributed by atoms with Crippen molar-refractivity contribution in [2.24, 2.45) is 5.84 Å². The number of nitro benzene ring substituents is 1. The summed E-state index contributed by atoms with van der Waals surface area (Å²) in [7, 11) is 2.00. The number of nitrogens with one attached hydrogen (secondary N) is 2. The topological polar surface area (TPSA) is 117 Å². The van der Waals surface area contributed by atoms with Gasteiger partial charge in [0, 0.05) is 26.2 Å². The van der Waals surface area contributed by atoms with E-state index < -0.39 is 10.8 Å². The summed E-state index contributed by atoms with van der Waals surface area (Å²) in [6, 6.07) is 4.40. The van der Waals surface area contributed by atoms with Crippen LogP contribution in [0.5, 0.6) is 0 Å². The fraction of sp³-hybridized carbons (Fsp3) is 0.417. The highest BCUT2D eigenvalue weighted by Crippen LogP contribution is 2.27. The van der Waals surface area contributed by atoms with Crippen LogP contribution in [0.3, 0.4) is 0 Å². The number of nitrogen functional groups attached to an aromatic ring is 1. The van der Waals surface area contributed by atoms with Crippen molar-refractivity contribution in [1.29, 1.82) is 0 Å². The van der Waals surface area contributed by atoms with E-state index in [2.05, 4.69) is 15.8 Å². The zero-order chi connectivity index (χ0) is 15.4. The van der Waals surface area contributed by atoms with Gasteiger partial charge in [-0.1, -0.05) is 6.07 Å². The molecule has 4 N–H and O–H groups in total. The van der Waals surface area contributed by atoms with E-state index in [-0.39, 0.29) is 16.9 Å². The number of likely N-dealkylation sites (N-methyl/N-ethyl adjacent to an activating group) is 1. The second-order valence-electron chi connectivity index (χ2n) is 4.83. The first kappa shape index (κ1) is 15.2. The van der Waals surface area contributed by atoms with E-state index in [0.29, 0.717) is 13.1 Å². The third-order valence-corrected chi connectivity index (χ3v) is 3.38. The number of rotatable bonds is 4. The average molecular weight is 294 g/mol. The SMILES string of the molecule is CN1CCN(NC(=O)c2cccc(NN)c2[N+](=O)[O-])CC1. The number of hydrazine groups is 2. The number of piperazine rings is 1. The van der Waals surface area contributed by atoms with Crippen LogP contribution in [0.2, 0.25) is 0 Å². The largest absolute Gasteiger partial charge is 0.318 e. The highest BCUT2D eigenvalue weighted by atomic mass is 16.6. The van der Waals surface area contributed by atoms with Gasteiger partial charge in [0.15, 0.2) is 0 Å². The number of hydrogen-bond donors (Lipinski definition) is 3. The van der Waals surface area contributed by atoms with Crippen LogP contribution in [0.1, 0.15) is 10.4 Å². The van der Waals surface area contributed by atoms with Gasteiger partial charge in [0.05, 0.1) is 4.92 Å². The lowest BCUT2D eigenvalue weighted by molar-refractivity contribution is -0.384. The van der Waals surface area contributed by atoms with Crippen LogP contribution >= 0.6 is 0 Å². The fourth-order valence-corrected chi connectivity index (χ4v) is 2.16. The first-order valence-corrected chi connectivity index (χ1v) is 6.51. The molecule has 1 heterocycles. The van der Waals surface area contributed by atoms with Gasteiger partial charge < -0.3 is 10.3 Å². The second kappa shape index (κ2) is 6.48. The minimum absolute atomic E-state index is 0.0191. The zero-order valence-corrected chi connectivity index (χ0v) is 11.7. The quantitative estimate of drug-likeness (QED) is 0.399. The van der Waals surface area contributed by atoms with E-state index in [9.17, 15) is 14.9 Å². The molecule has 0 atom stereocenters. The maximum absolute atomic E-state index is 12.2. The van der Waals surface area contributed by atoms with Gasteiger partial charge in [0.25, 0.3) is 5.91 Å². The Labute approximate surface area is 121 Å². The van der Waals surface area contributed by atoms with Gasteiger partial charge in [-0.2, -0.15) is 0 Å². The number of amides is 1. The normalized spacial score (nSPS) is 16.5. The van der Waals surface area contributed by atoms with Gasteiger partial charge in [0.2, 0.25) is 0 Å². The summed E-state index contributed by atoms with van der Waals surface area (Å²) in [5, 5.41) is 12.9. The first-order chi connectivity index (χ1) is 10.0. The Morgan fingerprint density at radius 2 is 2.00 bits per heavy atom. The van der Waals surface area contributed by atoms with Crippen molar-refractivity contribution in [3.8, 4) is 0 Å². The molecule has 1 aliphatic rings. The highest BCUT2D eigenvalue weighted by molar-refractivity contribution is 6.00. The summed E-state index contributed by atoms with van der Waals surface area (Å²) in [6.45, 7) is 3.00. The molecule has 0 radical (unpaired) electrons. The Hall–Kier alpha value is -2.23. The van der Waals surface area contributed by atoms with E-state index in [0.717, 1.165) is 13.1 Å². The van der Waals surface area contributed by atoms with Crippen molar-refractivity contribution >= 4 is 17.3 Å². The fourth-order valence-electron chi connectivity index (χ4n) is 2.16. The minimum atomic E-state index is -0.617. The molecule has 0 unspecified atom stereocenters. The van der Waals surface area contributed by atoms with Gasteiger partial charge >= 0.3 is 5.69 Å². The lowest BCUT2D eigenvalue weighted by atomic mass is 10.1. The Kier molecular flexibility index (Phi) is 4.68. The summed E-state index contributed by atoms with van der Waals surface area (Å²) in [5.74, 6) is 4.74. The van der Waals surface area contributed by atoms with Gasteiger partial charge in [-0.15, -0.1) is 0 Å². The lowest BCUT2D eigenvalue weighted by Crippen LogP contribution is -2.52. The Morgan fingerprint density at radius 1 is 1.33 bits per heavy atom. The van der Waals surface area contributed by atoms with E-state index in [1.807, 2.05) is 7.05 Å². The third kappa shape index (κ3) is 3.45. The molecular formula is C12H18N6O3. The molecule has 9 heteroatoms. The number of benzene rings is 1. The zero-order valence-electron chi connectivity index (χ0n) is 11.7. The molecular weight excluding hydrogens is 276 g/mol. The number of para-hydroxylation sites is 1. The molecule has 0 aliphatic carbocycles. The van der Waals surface area contributed by atoms with E-state index in [1.165, 1.54) is 12.1 Å². The number of nitrogens with zero attached hydrogens (tertiary/aromatic N) is 3. The van der Waals surface area contributed by atoms with E-state index >= 15 is 0 Å². The molecule has 0 aromatic heterocycles. The average Bonchev–Trinajstić information content (AvgIpc) is 2.48.